The van der Waals surface area contributed by atoms with Gasteiger partial charge in [-0.3, -0.25) is 9.72 Å². The average Bonchev–Trinajstić information content (AvgIpc) is 2.53. The number of rotatable bonds is 2. The molecule has 2 unspecified atom stereocenters. The van der Waals surface area contributed by atoms with Crippen LogP contribution in [0.5, 0.6) is 5.06 Å². The fourth-order valence-corrected chi connectivity index (χ4v) is 5.27. The first-order valence-corrected chi connectivity index (χ1v) is 7.41. The molecule has 8 heteroatoms. The molecule has 1 aromatic heterocycles. The van der Waals surface area contributed by atoms with Crippen LogP contribution in [0, 0.1) is 6.92 Å². The fourth-order valence-electron chi connectivity index (χ4n) is 0.805. The highest BCUT2D eigenvalue weighted by atomic mass is 32.1. The lowest BCUT2D eigenvalue weighted by Gasteiger charge is -2.25. The molecule has 4 nitrogen and oxygen atoms in total. The molecule has 0 bridgehead atoms. The van der Waals surface area contributed by atoms with E-state index < -0.39 is 0 Å². The van der Waals surface area contributed by atoms with Gasteiger partial charge in [-0.1, -0.05) is 4.60 Å². The molecule has 0 aliphatic carbocycles. The zero-order valence-corrected chi connectivity index (χ0v) is 10.7. The van der Waals surface area contributed by atoms with Gasteiger partial charge in [0.15, 0.2) is 0 Å². The summed E-state index contributed by atoms with van der Waals surface area (Å²) in [5, 5.41) is 3.06. The van der Waals surface area contributed by atoms with Crippen LogP contribution in [0.3, 0.4) is 0 Å². The molecule has 2 rings (SSSR count). The van der Waals surface area contributed by atoms with Crippen LogP contribution in [0.2, 0.25) is 0 Å². The van der Waals surface area contributed by atoms with Gasteiger partial charge in [-0.15, -0.1) is 11.3 Å². The molecule has 1 saturated heterocycles. The number of nitrogens with one attached hydrogen (secondary N) is 2. The Kier molecular flexibility index (Phi) is 3.88. The van der Waals surface area contributed by atoms with E-state index in [9.17, 15) is 0 Å². The Morgan fingerprint density at radius 2 is 2.23 bits per heavy atom. The summed E-state index contributed by atoms with van der Waals surface area (Å²) >= 11 is 1.63. The number of nitrogens with zero attached hydrogens (tertiary/aromatic N) is 1. The summed E-state index contributed by atoms with van der Waals surface area (Å²) in [4.78, 5) is 12.1. The molecule has 1 fully saturated rings. The highest BCUT2D eigenvalue weighted by molar-refractivity contribution is 7.65. The summed E-state index contributed by atoms with van der Waals surface area (Å²) in [5.74, 6) is 0. The third kappa shape index (κ3) is 3.07. The Morgan fingerprint density at radius 1 is 1.46 bits per heavy atom. The molecule has 0 radical (unpaired) electrons. The van der Waals surface area contributed by atoms with E-state index in [1.54, 1.807) is 11.3 Å². The lowest BCUT2D eigenvalue weighted by Crippen LogP contribution is -2.18. The van der Waals surface area contributed by atoms with E-state index in [1.807, 2.05) is 4.60 Å². The molecule has 13 heavy (non-hydrogen) atoms. The topological polar surface area (TPSA) is 36.5 Å². The predicted octanol–water partition coefficient (Wildman–Crippen LogP) is 2.37. The van der Waals surface area contributed by atoms with Crippen molar-refractivity contribution >= 4 is 38.0 Å². The monoisotopic (exact) mass is 253 g/mol. The summed E-state index contributed by atoms with van der Waals surface area (Å²) in [6, 6.07) is 2.05. The van der Waals surface area contributed by atoms with Crippen LogP contribution in [0.25, 0.3) is 0 Å². The number of thiophene rings is 1. The zero-order chi connectivity index (χ0) is 9.10. The molecular formula is C5H10N3OP3S. The standard InChI is InChI=1S/C5H10N3OP3S/c1-4-2-5(13-3-4)9-8-11-6-10-7-12-8/h2-3,6-7,10-12H,1H3. The van der Waals surface area contributed by atoms with E-state index in [0.29, 0.717) is 26.6 Å². The first-order valence-electron chi connectivity index (χ1n) is 3.64. The van der Waals surface area contributed by atoms with E-state index in [2.05, 4.69) is 28.1 Å². The average molecular weight is 253 g/mol. The van der Waals surface area contributed by atoms with Gasteiger partial charge in [-0.2, -0.15) is 0 Å². The molecule has 2 heterocycles. The van der Waals surface area contributed by atoms with Crippen LogP contribution in [-0.2, 0) is 0 Å². The van der Waals surface area contributed by atoms with Gasteiger partial charge in [-0.25, -0.2) is 0 Å². The maximum Gasteiger partial charge on any atom is 0.202 e. The van der Waals surface area contributed by atoms with Crippen LogP contribution in [0.4, 0.5) is 0 Å². The van der Waals surface area contributed by atoms with Gasteiger partial charge in [0.05, 0.1) is 17.8 Å². The summed E-state index contributed by atoms with van der Waals surface area (Å²) in [6.07, 6.45) is 0. The number of hydrogen-bond acceptors (Lipinski definition) is 5. The van der Waals surface area contributed by atoms with Crippen molar-refractivity contribution in [3.05, 3.63) is 17.0 Å². The van der Waals surface area contributed by atoms with Crippen molar-refractivity contribution in [3.63, 3.8) is 0 Å². The van der Waals surface area contributed by atoms with Crippen LogP contribution in [0.15, 0.2) is 11.4 Å². The van der Waals surface area contributed by atoms with E-state index in [1.165, 1.54) is 5.56 Å². The van der Waals surface area contributed by atoms with Gasteiger partial charge < -0.3 is 4.84 Å². The SMILES string of the molecule is Cc1csc(ON2PNPNP2)c1. The molecule has 1 aliphatic rings. The maximum atomic E-state index is 5.63. The summed E-state index contributed by atoms with van der Waals surface area (Å²) < 4.78 is 1.92. The third-order valence-electron chi connectivity index (χ3n) is 1.33. The van der Waals surface area contributed by atoms with Crippen molar-refractivity contribution in [3.8, 4) is 5.06 Å². The minimum Gasteiger partial charge on any atom is -0.386 e. The molecule has 0 amide bonds. The quantitative estimate of drug-likeness (QED) is 0.793. The van der Waals surface area contributed by atoms with Crippen molar-refractivity contribution in [2.75, 3.05) is 0 Å². The molecule has 2 atom stereocenters. The maximum absolute atomic E-state index is 5.63. The van der Waals surface area contributed by atoms with Gasteiger partial charge in [0.25, 0.3) is 0 Å². The summed E-state index contributed by atoms with van der Waals surface area (Å²) in [5.41, 5.74) is 1.26. The molecule has 0 spiro atoms. The lowest BCUT2D eigenvalue weighted by atomic mass is 10.4. The Hall–Kier alpha value is 0.670. The molecule has 1 aromatic rings. The second-order valence-corrected chi connectivity index (χ2v) is 7.26. The minimum atomic E-state index is 0.558. The Balaban J connectivity index is 1.89. The first-order chi connectivity index (χ1) is 6.34. The van der Waals surface area contributed by atoms with Crippen molar-refractivity contribution in [2.45, 2.75) is 6.92 Å². The lowest BCUT2D eigenvalue weighted by molar-refractivity contribution is 0.153. The molecule has 0 saturated carbocycles. The normalized spacial score (nSPS) is 24.4. The van der Waals surface area contributed by atoms with Crippen LogP contribution in [-0.4, -0.2) is 4.60 Å². The Labute approximate surface area is 86.4 Å². The molecule has 2 N–H and O–H groups in total. The first kappa shape index (κ1) is 10.2. The van der Waals surface area contributed by atoms with Crippen molar-refractivity contribution < 1.29 is 4.84 Å². The second-order valence-electron chi connectivity index (χ2n) is 2.43. The number of hydrogen-bond donors (Lipinski definition) is 2. The van der Waals surface area contributed by atoms with Crippen LogP contribution in [0.1, 0.15) is 5.56 Å². The van der Waals surface area contributed by atoms with Gasteiger partial charge in [0, 0.05) is 8.88 Å². The highest BCUT2D eigenvalue weighted by Gasteiger charge is 2.11. The summed E-state index contributed by atoms with van der Waals surface area (Å²) in [7, 11) is 1.78. The minimum absolute atomic E-state index is 0.558. The predicted molar refractivity (Wildman–Crippen MR) is 62.7 cm³/mol. The van der Waals surface area contributed by atoms with E-state index in [4.69, 9.17) is 4.84 Å². The van der Waals surface area contributed by atoms with E-state index in [0.717, 1.165) is 5.06 Å². The van der Waals surface area contributed by atoms with E-state index in [-0.39, 0.29) is 0 Å². The van der Waals surface area contributed by atoms with Gasteiger partial charge in [-0.05, 0) is 23.9 Å². The Morgan fingerprint density at radius 3 is 2.85 bits per heavy atom. The van der Waals surface area contributed by atoms with Crippen molar-refractivity contribution in [2.24, 2.45) is 0 Å². The van der Waals surface area contributed by atoms with E-state index >= 15 is 0 Å². The summed E-state index contributed by atoms with van der Waals surface area (Å²) in [6.45, 7) is 2.07. The van der Waals surface area contributed by atoms with Gasteiger partial charge >= 0.3 is 0 Å². The largest absolute Gasteiger partial charge is 0.386 e. The van der Waals surface area contributed by atoms with Crippen LogP contribution < -0.4 is 14.6 Å². The molecular weight excluding hydrogens is 243 g/mol. The Bertz CT molecular complexity index is 278. The molecule has 72 valence electrons. The second kappa shape index (κ2) is 4.95. The smallest absolute Gasteiger partial charge is 0.202 e. The van der Waals surface area contributed by atoms with Gasteiger partial charge in [0.2, 0.25) is 5.06 Å². The number of aryl methyl sites for hydroxylation is 1. The van der Waals surface area contributed by atoms with Gasteiger partial charge in [0.1, 0.15) is 0 Å². The molecule has 1 aliphatic heterocycles. The van der Waals surface area contributed by atoms with Crippen molar-refractivity contribution in [1.82, 2.24) is 14.3 Å². The third-order valence-corrected chi connectivity index (χ3v) is 5.40. The fraction of sp³-hybridized carbons (Fsp3) is 0.200. The van der Waals surface area contributed by atoms with Crippen molar-refractivity contribution in [1.29, 1.82) is 0 Å². The van der Waals surface area contributed by atoms with Crippen LogP contribution >= 0.6 is 38.0 Å². The zero-order valence-electron chi connectivity index (χ0n) is 6.92. The highest BCUT2D eigenvalue weighted by Crippen LogP contribution is 2.39. The molecule has 0 aromatic carbocycles.